The Morgan fingerprint density at radius 1 is 1.00 bits per heavy atom. The number of hydrogen-bond donors (Lipinski definition) is 0. The van der Waals surface area contributed by atoms with E-state index in [-0.39, 0.29) is 5.91 Å². The van der Waals surface area contributed by atoms with Crippen molar-refractivity contribution in [3.05, 3.63) is 53.6 Å². The lowest BCUT2D eigenvalue weighted by Crippen LogP contribution is -2.38. The van der Waals surface area contributed by atoms with Crippen LogP contribution >= 0.6 is 23.1 Å². The number of benzene rings is 2. The number of anilines is 1. The third-order valence-electron chi connectivity index (χ3n) is 5.27. The molecule has 3 aromatic rings. The smallest absolute Gasteiger partial charge is 0.260 e. The largest absolute Gasteiger partial charge is 0.302 e. The number of rotatable bonds is 10. The average molecular weight is 442 g/mol. The summed E-state index contributed by atoms with van der Waals surface area (Å²) in [5, 5.41) is 0.780. The Bertz CT molecular complexity index is 964. The van der Waals surface area contributed by atoms with E-state index in [0.717, 1.165) is 47.2 Å². The summed E-state index contributed by atoms with van der Waals surface area (Å²) in [4.78, 5) is 23.7. The zero-order valence-corrected chi connectivity index (χ0v) is 20.0. The molecule has 160 valence electrons. The first-order valence-corrected chi connectivity index (χ1v) is 12.6. The van der Waals surface area contributed by atoms with Crippen molar-refractivity contribution in [2.45, 2.75) is 39.0 Å². The maximum atomic E-state index is 13.5. The number of likely N-dealkylation sites (N-methyl/N-ethyl adjacent to an activating group) is 1. The van der Waals surface area contributed by atoms with Crippen LogP contribution in [0.25, 0.3) is 10.2 Å². The molecule has 1 heterocycles. The fourth-order valence-corrected chi connectivity index (χ4v) is 5.09. The highest BCUT2D eigenvalue weighted by Crippen LogP contribution is 2.31. The molecule has 0 radical (unpaired) electrons. The van der Waals surface area contributed by atoms with Crippen molar-refractivity contribution in [2.75, 3.05) is 36.8 Å². The molecule has 4 nitrogen and oxygen atoms in total. The van der Waals surface area contributed by atoms with Crippen LogP contribution < -0.4 is 4.90 Å². The van der Waals surface area contributed by atoms with Crippen molar-refractivity contribution in [3.8, 4) is 0 Å². The molecule has 0 N–H and O–H groups in total. The Morgan fingerprint density at radius 2 is 1.73 bits per heavy atom. The van der Waals surface area contributed by atoms with Gasteiger partial charge in [0.2, 0.25) is 0 Å². The van der Waals surface area contributed by atoms with Crippen molar-refractivity contribution in [3.63, 3.8) is 0 Å². The molecule has 0 aliphatic heterocycles. The van der Waals surface area contributed by atoms with Crippen LogP contribution in [0.4, 0.5) is 5.13 Å². The molecule has 6 heteroatoms. The predicted molar refractivity (Wildman–Crippen MR) is 131 cm³/mol. The second-order valence-electron chi connectivity index (χ2n) is 7.09. The van der Waals surface area contributed by atoms with Gasteiger partial charge in [-0.3, -0.25) is 9.69 Å². The highest BCUT2D eigenvalue weighted by molar-refractivity contribution is 7.99. The summed E-state index contributed by atoms with van der Waals surface area (Å²) in [6.07, 6.45) is 0.996. The van der Waals surface area contributed by atoms with Gasteiger partial charge in [-0.25, -0.2) is 4.98 Å². The van der Waals surface area contributed by atoms with E-state index >= 15 is 0 Å². The van der Waals surface area contributed by atoms with Gasteiger partial charge in [0.25, 0.3) is 5.91 Å². The van der Waals surface area contributed by atoms with Gasteiger partial charge in [0.15, 0.2) is 5.13 Å². The molecular weight excluding hydrogens is 410 g/mol. The summed E-state index contributed by atoms with van der Waals surface area (Å²) in [6.45, 7) is 12.0. The van der Waals surface area contributed by atoms with E-state index in [4.69, 9.17) is 4.98 Å². The molecule has 0 bridgehead atoms. The van der Waals surface area contributed by atoms with E-state index in [2.05, 4.69) is 50.8 Å². The first-order chi connectivity index (χ1) is 14.6. The van der Waals surface area contributed by atoms with Gasteiger partial charge < -0.3 is 4.90 Å². The lowest BCUT2D eigenvalue weighted by atomic mass is 10.2. The molecule has 2 aromatic carbocycles. The van der Waals surface area contributed by atoms with Crippen LogP contribution in [-0.4, -0.2) is 47.7 Å². The summed E-state index contributed by atoms with van der Waals surface area (Å²) in [5.74, 6) is 1.04. The van der Waals surface area contributed by atoms with Gasteiger partial charge in [-0.2, -0.15) is 0 Å². The maximum absolute atomic E-state index is 13.5. The SMILES string of the molecule is CCSc1ccc(C(=O)N(CCN(CC)CC)c2nc3ccc(CC)cc3s2)cc1. The Labute approximate surface area is 188 Å². The number of amides is 1. The van der Waals surface area contributed by atoms with E-state index in [1.807, 2.05) is 29.2 Å². The number of thioether (sulfide) groups is 1. The van der Waals surface area contributed by atoms with Gasteiger partial charge in [-0.05, 0) is 67.2 Å². The number of carbonyl (C=O) groups is 1. The zero-order valence-electron chi connectivity index (χ0n) is 18.4. The summed E-state index contributed by atoms with van der Waals surface area (Å²) in [6, 6.07) is 14.3. The van der Waals surface area contributed by atoms with Crippen LogP contribution in [0.5, 0.6) is 0 Å². The molecule has 1 amide bonds. The van der Waals surface area contributed by atoms with Crippen molar-refractivity contribution in [1.82, 2.24) is 9.88 Å². The quantitative estimate of drug-likeness (QED) is 0.364. The van der Waals surface area contributed by atoms with Crippen LogP contribution in [0.15, 0.2) is 47.4 Å². The molecule has 0 aliphatic carbocycles. The van der Waals surface area contributed by atoms with Crippen molar-refractivity contribution >= 4 is 44.4 Å². The summed E-state index contributed by atoms with van der Waals surface area (Å²) in [5.41, 5.74) is 2.97. The molecule has 0 spiro atoms. The minimum atomic E-state index is 0.0185. The molecular formula is C24H31N3OS2. The Balaban J connectivity index is 1.92. The van der Waals surface area contributed by atoms with E-state index in [9.17, 15) is 4.79 Å². The standard InChI is InChI=1S/C24H31N3OS2/c1-5-18-9-14-21-22(17-18)30-24(25-21)27(16-15-26(6-2)7-3)23(28)19-10-12-20(13-11-19)29-8-4/h9-14,17H,5-8,15-16H2,1-4H3. The number of fused-ring (bicyclic) bond motifs is 1. The van der Waals surface area contributed by atoms with Crippen LogP contribution in [0.3, 0.4) is 0 Å². The number of thiazole rings is 1. The van der Waals surface area contributed by atoms with Gasteiger partial charge in [0.1, 0.15) is 0 Å². The average Bonchev–Trinajstić information content (AvgIpc) is 3.20. The molecule has 0 unspecified atom stereocenters. The number of aromatic nitrogens is 1. The monoisotopic (exact) mass is 441 g/mol. The Hall–Kier alpha value is -1.89. The molecule has 0 saturated carbocycles. The fourth-order valence-electron chi connectivity index (χ4n) is 3.37. The molecule has 0 atom stereocenters. The first-order valence-electron chi connectivity index (χ1n) is 10.8. The number of nitrogens with zero attached hydrogens (tertiary/aromatic N) is 3. The Morgan fingerprint density at radius 3 is 2.37 bits per heavy atom. The predicted octanol–water partition coefficient (Wildman–Crippen LogP) is 5.96. The summed E-state index contributed by atoms with van der Waals surface area (Å²) >= 11 is 3.39. The summed E-state index contributed by atoms with van der Waals surface area (Å²) in [7, 11) is 0. The molecule has 3 rings (SSSR count). The minimum Gasteiger partial charge on any atom is -0.302 e. The van der Waals surface area contributed by atoms with Crippen LogP contribution in [0, 0.1) is 0 Å². The van der Waals surface area contributed by atoms with Gasteiger partial charge in [0, 0.05) is 23.5 Å². The van der Waals surface area contributed by atoms with E-state index in [1.165, 1.54) is 10.5 Å². The molecule has 0 saturated heterocycles. The first kappa shape index (κ1) is 22.8. The van der Waals surface area contributed by atoms with Crippen molar-refractivity contribution < 1.29 is 4.79 Å². The lowest BCUT2D eigenvalue weighted by Gasteiger charge is -2.24. The van der Waals surface area contributed by atoms with Gasteiger partial charge in [-0.1, -0.05) is 45.1 Å². The maximum Gasteiger partial charge on any atom is 0.260 e. The highest BCUT2D eigenvalue weighted by Gasteiger charge is 2.22. The van der Waals surface area contributed by atoms with Crippen LogP contribution in [0.1, 0.15) is 43.6 Å². The fraction of sp³-hybridized carbons (Fsp3) is 0.417. The van der Waals surface area contributed by atoms with Crippen molar-refractivity contribution in [2.24, 2.45) is 0 Å². The number of hydrogen-bond acceptors (Lipinski definition) is 5. The second-order valence-corrected chi connectivity index (χ2v) is 9.44. The molecule has 0 fully saturated rings. The number of aryl methyl sites for hydroxylation is 1. The van der Waals surface area contributed by atoms with E-state index in [0.29, 0.717) is 12.1 Å². The summed E-state index contributed by atoms with van der Waals surface area (Å²) < 4.78 is 1.14. The van der Waals surface area contributed by atoms with Crippen LogP contribution in [0.2, 0.25) is 0 Å². The van der Waals surface area contributed by atoms with E-state index in [1.54, 1.807) is 23.1 Å². The Kier molecular flexibility index (Phi) is 8.31. The van der Waals surface area contributed by atoms with Gasteiger partial charge in [-0.15, -0.1) is 11.8 Å². The topological polar surface area (TPSA) is 36.4 Å². The van der Waals surface area contributed by atoms with Gasteiger partial charge >= 0.3 is 0 Å². The minimum absolute atomic E-state index is 0.0185. The second kappa shape index (κ2) is 10.9. The molecule has 1 aromatic heterocycles. The van der Waals surface area contributed by atoms with Crippen molar-refractivity contribution in [1.29, 1.82) is 0 Å². The lowest BCUT2D eigenvalue weighted by molar-refractivity contribution is 0.0983. The molecule has 0 aliphatic rings. The third kappa shape index (κ3) is 5.42. The third-order valence-corrected chi connectivity index (χ3v) is 7.21. The highest BCUT2D eigenvalue weighted by atomic mass is 32.2. The molecule has 30 heavy (non-hydrogen) atoms. The zero-order chi connectivity index (χ0) is 21.5. The number of carbonyl (C=O) groups excluding carboxylic acids is 1. The van der Waals surface area contributed by atoms with E-state index < -0.39 is 0 Å². The normalized spacial score (nSPS) is 11.4. The van der Waals surface area contributed by atoms with Gasteiger partial charge in [0.05, 0.1) is 10.2 Å². The van der Waals surface area contributed by atoms with Crippen LogP contribution in [-0.2, 0) is 6.42 Å².